The Kier molecular flexibility index (Phi) is 5.56. The fourth-order valence-electron chi connectivity index (χ4n) is 3.59. The Morgan fingerprint density at radius 1 is 1.13 bits per heavy atom. The molecule has 2 heterocycles. The number of nitrogens with one attached hydrogen (secondary N) is 3. The number of rotatable bonds is 7. The van der Waals surface area contributed by atoms with E-state index in [-0.39, 0.29) is 30.0 Å². The van der Waals surface area contributed by atoms with Gasteiger partial charge in [0.2, 0.25) is 5.91 Å². The van der Waals surface area contributed by atoms with Crippen LogP contribution < -0.4 is 5.32 Å². The molecule has 0 aliphatic rings. The van der Waals surface area contributed by atoms with Crippen LogP contribution in [0.25, 0.3) is 22.2 Å². The van der Waals surface area contributed by atoms with Gasteiger partial charge < -0.3 is 10.3 Å². The SMILES string of the molecule is CCC(NC(=O)CCc1c(-c2ccc(F)cc2)[nH]c2ccc(F)cc12)c1ncn[nH]1. The van der Waals surface area contributed by atoms with Crippen LogP contribution in [-0.4, -0.2) is 26.1 Å². The molecule has 2 aromatic carbocycles. The number of aromatic nitrogens is 4. The molecule has 0 aliphatic heterocycles. The number of H-pyrrole nitrogens is 2. The first-order chi connectivity index (χ1) is 14.5. The van der Waals surface area contributed by atoms with E-state index >= 15 is 0 Å². The van der Waals surface area contributed by atoms with E-state index in [1.165, 1.54) is 30.6 Å². The zero-order chi connectivity index (χ0) is 21.1. The van der Waals surface area contributed by atoms with Crippen molar-refractivity contribution in [3.05, 3.63) is 71.8 Å². The number of hydrogen-bond donors (Lipinski definition) is 3. The highest BCUT2D eigenvalue weighted by atomic mass is 19.1. The summed E-state index contributed by atoms with van der Waals surface area (Å²) < 4.78 is 27.3. The molecule has 3 N–H and O–H groups in total. The van der Waals surface area contributed by atoms with E-state index in [9.17, 15) is 13.6 Å². The highest BCUT2D eigenvalue weighted by Crippen LogP contribution is 2.32. The van der Waals surface area contributed by atoms with E-state index in [1.54, 1.807) is 18.2 Å². The summed E-state index contributed by atoms with van der Waals surface area (Å²) in [5.41, 5.74) is 3.11. The molecule has 0 spiro atoms. The highest BCUT2D eigenvalue weighted by Gasteiger charge is 2.18. The third kappa shape index (κ3) is 4.07. The smallest absolute Gasteiger partial charge is 0.220 e. The molecule has 6 nitrogen and oxygen atoms in total. The molecular weight excluding hydrogens is 388 g/mol. The number of hydrogen-bond acceptors (Lipinski definition) is 3. The number of carbonyl (C=O) groups excluding carboxylic acids is 1. The lowest BCUT2D eigenvalue weighted by Crippen LogP contribution is -2.29. The van der Waals surface area contributed by atoms with Gasteiger partial charge in [0.25, 0.3) is 0 Å². The Hall–Kier alpha value is -3.55. The van der Waals surface area contributed by atoms with Crippen molar-refractivity contribution in [3.63, 3.8) is 0 Å². The van der Waals surface area contributed by atoms with E-state index in [4.69, 9.17) is 0 Å². The standard InChI is InChI=1S/C22H21F2N5O/c1-2-18(22-25-12-26-29-22)27-20(30)10-8-16-17-11-15(24)7-9-19(17)28-21(16)13-3-5-14(23)6-4-13/h3-7,9,11-12,18,28H,2,8,10H2,1H3,(H,27,30)(H,25,26,29). The molecule has 0 bridgehead atoms. The van der Waals surface area contributed by atoms with Crippen molar-refractivity contribution < 1.29 is 13.6 Å². The number of halogens is 2. The topological polar surface area (TPSA) is 86.5 Å². The van der Waals surface area contributed by atoms with Crippen LogP contribution in [0.5, 0.6) is 0 Å². The van der Waals surface area contributed by atoms with Gasteiger partial charge in [-0.15, -0.1) is 0 Å². The van der Waals surface area contributed by atoms with Gasteiger partial charge in [0.15, 0.2) is 0 Å². The largest absolute Gasteiger partial charge is 0.354 e. The van der Waals surface area contributed by atoms with Crippen molar-refractivity contribution in [2.45, 2.75) is 32.2 Å². The Morgan fingerprint density at radius 3 is 2.60 bits per heavy atom. The number of benzene rings is 2. The van der Waals surface area contributed by atoms with Crippen molar-refractivity contribution in [1.29, 1.82) is 0 Å². The number of carbonyl (C=O) groups is 1. The minimum absolute atomic E-state index is 0.144. The molecule has 30 heavy (non-hydrogen) atoms. The maximum absolute atomic E-state index is 13.9. The zero-order valence-corrected chi connectivity index (χ0v) is 16.4. The van der Waals surface area contributed by atoms with E-state index < -0.39 is 0 Å². The fraction of sp³-hybridized carbons (Fsp3) is 0.227. The minimum atomic E-state index is -0.353. The van der Waals surface area contributed by atoms with Crippen LogP contribution in [0.1, 0.15) is 37.2 Å². The Morgan fingerprint density at radius 2 is 1.90 bits per heavy atom. The summed E-state index contributed by atoms with van der Waals surface area (Å²) in [6, 6.07) is 10.3. The lowest BCUT2D eigenvalue weighted by Gasteiger charge is -2.14. The molecule has 4 rings (SSSR count). The van der Waals surface area contributed by atoms with Crippen LogP contribution in [0.3, 0.4) is 0 Å². The average molecular weight is 409 g/mol. The second-order valence-corrected chi connectivity index (χ2v) is 7.07. The van der Waals surface area contributed by atoms with Crippen molar-refractivity contribution in [2.75, 3.05) is 0 Å². The first kappa shape index (κ1) is 19.8. The van der Waals surface area contributed by atoms with Gasteiger partial charge in [-0.1, -0.05) is 6.92 Å². The summed E-state index contributed by atoms with van der Waals surface area (Å²) in [6.07, 6.45) is 2.68. The predicted octanol–water partition coefficient (Wildman–Crippen LogP) is 4.43. The number of amides is 1. The Balaban J connectivity index is 1.59. The minimum Gasteiger partial charge on any atom is -0.354 e. The van der Waals surface area contributed by atoms with Gasteiger partial charge in [-0.05, 0) is 66.4 Å². The molecule has 1 amide bonds. The van der Waals surface area contributed by atoms with Crippen LogP contribution in [-0.2, 0) is 11.2 Å². The fourth-order valence-corrected chi connectivity index (χ4v) is 3.59. The molecule has 0 fully saturated rings. The maximum Gasteiger partial charge on any atom is 0.220 e. The molecule has 8 heteroatoms. The summed E-state index contributed by atoms with van der Waals surface area (Å²) in [7, 11) is 0. The van der Waals surface area contributed by atoms with Crippen LogP contribution >= 0.6 is 0 Å². The third-order valence-corrected chi connectivity index (χ3v) is 5.11. The number of fused-ring (bicyclic) bond motifs is 1. The first-order valence-electron chi connectivity index (χ1n) is 9.75. The van der Waals surface area contributed by atoms with Gasteiger partial charge in [-0.2, -0.15) is 5.10 Å². The summed E-state index contributed by atoms with van der Waals surface area (Å²) in [6.45, 7) is 1.95. The van der Waals surface area contributed by atoms with Gasteiger partial charge in [0.1, 0.15) is 23.8 Å². The van der Waals surface area contributed by atoms with Gasteiger partial charge in [-0.3, -0.25) is 9.89 Å². The number of nitrogens with zero attached hydrogens (tertiary/aromatic N) is 2. The number of aromatic amines is 2. The Labute approximate surface area is 171 Å². The molecule has 154 valence electrons. The molecule has 0 saturated heterocycles. The van der Waals surface area contributed by atoms with Crippen LogP contribution in [0.2, 0.25) is 0 Å². The van der Waals surface area contributed by atoms with Crippen molar-refractivity contribution in [1.82, 2.24) is 25.5 Å². The monoisotopic (exact) mass is 409 g/mol. The van der Waals surface area contributed by atoms with Crippen LogP contribution in [0.15, 0.2) is 48.8 Å². The summed E-state index contributed by atoms with van der Waals surface area (Å²) >= 11 is 0. The van der Waals surface area contributed by atoms with Crippen LogP contribution in [0.4, 0.5) is 8.78 Å². The van der Waals surface area contributed by atoms with E-state index in [0.29, 0.717) is 24.1 Å². The van der Waals surface area contributed by atoms with Gasteiger partial charge in [0, 0.05) is 23.0 Å². The van der Waals surface area contributed by atoms with E-state index in [1.807, 2.05) is 6.92 Å². The molecule has 0 saturated carbocycles. The van der Waals surface area contributed by atoms with Crippen molar-refractivity contribution in [3.8, 4) is 11.3 Å². The van der Waals surface area contributed by atoms with E-state index in [0.717, 1.165) is 22.3 Å². The second-order valence-electron chi connectivity index (χ2n) is 7.07. The number of aryl methyl sites for hydroxylation is 1. The summed E-state index contributed by atoms with van der Waals surface area (Å²) in [5.74, 6) is -0.227. The molecule has 1 unspecified atom stereocenters. The normalized spacial score (nSPS) is 12.2. The van der Waals surface area contributed by atoms with Crippen LogP contribution in [0, 0.1) is 11.6 Å². The van der Waals surface area contributed by atoms with Gasteiger partial charge in [-0.25, -0.2) is 13.8 Å². The first-order valence-corrected chi connectivity index (χ1v) is 9.75. The van der Waals surface area contributed by atoms with Crippen molar-refractivity contribution >= 4 is 16.8 Å². The second kappa shape index (κ2) is 8.44. The maximum atomic E-state index is 13.9. The molecule has 0 radical (unpaired) electrons. The summed E-state index contributed by atoms with van der Waals surface area (Å²) in [4.78, 5) is 20.0. The lowest BCUT2D eigenvalue weighted by atomic mass is 10.0. The molecule has 1 atom stereocenters. The quantitative estimate of drug-likeness (QED) is 0.422. The molecule has 2 aromatic heterocycles. The van der Waals surface area contributed by atoms with E-state index in [2.05, 4.69) is 25.5 Å². The molecule has 4 aromatic rings. The summed E-state index contributed by atoms with van der Waals surface area (Å²) in [5, 5.41) is 10.3. The zero-order valence-electron chi connectivity index (χ0n) is 16.4. The molecule has 0 aliphatic carbocycles. The predicted molar refractivity (Wildman–Crippen MR) is 110 cm³/mol. The van der Waals surface area contributed by atoms with Gasteiger partial charge in [0.05, 0.1) is 6.04 Å². The third-order valence-electron chi connectivity index (χ3n) is 5.11. The van der Waals surface area contributed by atoms with Crippen molar-refractivity contribution in [2.24, 2.45) is 0 Å². The highest BCUT2D eigenvalue weighted by molar-refractivity contribution is 5.91. The Bertz CT molecular complexity index is 1150. The molecular formula is C22H21F2N5O. The van der Waals surface area contributed by atoms with Gasteiger partial charge >= 0.3 is 0 Å². The lowest BCUT2D eigenvalue weighted by molar-refractivity contribution is -0.121. The average Bonchev–Trinajstić information content (AvgIpc) is 3.39.